The van der Waals surface area contributed by atoms with E-state index in [1.807, 2.05) is 0 Å². The van der Waals surface area contributed by atoms with Gasteiger partial charge in [0.05, 0.1) is 14.5 Å². The molecular formula is C28H38N4O5S3. The molecule has 0 spiro atoms. The van der Waals surface area contributed by atoms with E-state index in [0.717, 1.165) is 25.8 Å². The van der Waals surface area contributed by atoms with Crippen LogP contribution in [0.3, 0.4) is 0 Å². The van der Waals surface area contributed by atoms with Crippen molar-refractivity contribution in [3.63, 3.8) is 0 Å². The van der Waals surface area contributed by atoms with Gasteiger partial charge in [-0.3, -0.25) is 9.69 Å². The largest absolute Gasteiger partial charge is 0.302 e. The lowest BCUT2D eigenvalue weighted by atomic mass is 9.94. The number of para-hydroxylation sites is 1. The Kier molecular flexibility index (Phi) is 9.35. The smallest absolute Gasteiger partial charge is 0.260 e. The molecule has 1 saturated heterocycles. The summed E-state index contributed by atoms with van der Waals surface area (Å²) in [6.45, 7) is 11.8. The summed E-state index contributed by atoms with van der Waals surface area (Å²) in [5, 5.41) is 0.399. The number of piperidine rings is 1. The number of carbonyl (C=O) groups excluding carboxylic acids is 1. The number of sulfonamides is 1. The van der Waals surface area contributed by atoms with Crippen molar-refractivity contribution in [1.82, 2.24) is 14.2 Å². The Hall–Kier alpha value is -2.38. The number of thiazole rings is 1. The summed E-state index contributed by atoms with van der Waals surface area (Å²) in [5.41, 5.74) is 0.679. The Balaban J connectivity index is 1.67. The third-order valence-corrected chi connectivity index (χ3v) is 11.4. The van der Waals surface area contributed by atoms with Gasteiger partial charge < -0.3 is 4.90 Å². The molecule has 2 heterocycles. The molecule has 2 atom stereocenters. The van der Waals surface area contributed by atoms with Crippen molar-refractivity contribution in [3.8, 4) is 0 Å². The second-order valence-corrected chi connectivity index (χ2v) is 15.6. The number of likely N-dealkylation sites (N-methyl/N-ethyl adjacent to an activating group) is 1. The highest BCUT2D eigenvalue weighted by molar-refractivity contribution is 7.91. The lowest BCUT2D eigenvalue weighted by molar-refractivity contribution is 0.0983. The van der Waals surface area contributed by atoms with E-state index < -0.39 is 19.9 Å². The first-order valence-electron chi connectivity index (χ1n) is 13.6. The summed E-state index contributed by atoms with van der Waals surface area (Å²) < 4.78 is 53.6. The SMILES string of the molecule is CCN(CC)CCN(C(=O)c1ccc(S(=O)(=O)N2CC(C)CC(C)C2)cc1)c1nc2c(S(C)(=O)=O)cccc2s1. The van der Waals surface area contributed by atoms with Gasteiger partial charge in [-0.15, -0.1) is 0 Å². The molecule has 2 aromatic carbocycles. The third-order valence-electron chi connectivity index (χ3n) is 7.35. The number of aromatic nitrogens is 1. The summed E-state index contributed by atoms with van der Waals surface area (Å²) in [6.07, 6.45) is 2.14. The second kappa shape index (κ2) is 12.2. The van der Waals surface area contributed by atoms with Crippen LogP contribution in [0.15, 0.2) is 52.3 Å². The fourth-order valence-corrected chi connectivity index (χ4v) is 8.86. The van der Waals surface area contributed by atoms with Crippen LogP contribution in [-0.2, 0) is 19.9 Å². The molecule has 0 saturated carbocycles. The zero-order chi connectivity index (χ0) is 29.2. The molecule has 1 aliphatic rings. The molecule has 1 fully saturated rings. The summed E-state index contributed by atoms with van der Waals surface area (Å²) in [6, 6.07) is 11.1. The molecule has 0 radical (unpaired) electrons. The van der Waals surface area contributed by atoms with Crippen LogP contribution in [-0.4, -0.2) is 82.5 Å². The molecule has 3 aromatic rings. The Morgan fingerprint density at radius 2 is 1.60 bits per heavy atom. The van der Waals surface area contributed by atoms with Gasteiger partial charge in [0.15, 0.2) is 15.0 Å². The molecule has 1 aromatic heterocycles. The Bertz CT molecular complexity index is 1550. The van der Waals surface area contributed by atoms with Crippen molar-refractivity contribution in [2.24, 2.45) is 11.8 Å². The highest BCUT2D eigenvalue weighted by Crippen LogP contribution is 2.33. The van der Waals surface area contributed by atoms with E-state index in [9.17, 15) is 21.6 Å². The maximum atomic E-state index is 13.8. The van der Waals surface area contributed by atoms with Gasteiger partial charge in [0, 0.05) is 38.0 Å². The minimum absolute atomic E-state index is 0.125. The normalized spacial score (nSPS) is 18.9. The van der Waals surface area contributed by atoms with Gasteiger partial charge >= 0.3 is 0 Å². The first kappa shape index (κ1) is 30.6. The van der Waals surface area contributed by atoms with Gasteiger partial charge in [-0.2, -0.15) is 4.31 Å². The number of sulfone groups is 1. The summed E-state index contributed by atoms with van der Waals surface area (Å²) >= 11 is 1.26. The van der Waals surface area contributed by atoms with Crippen molar-refractivity contribution in [3.05, 3.63) is 48.0 Å². The predicted octanol–water partition coefficient (Wildman–Crippen LogP) is 4.36. The lowest BCUT2D eigenvalue weighted by Crippen LogP contribution is -2.42. The number of rotatable bonds is 10. The third kappa shape index (κ3) is 6.57. The van der Waals surface area contributed by atoms with E-state index in [1.54, 1.807) is 33.5 Å². The van der Waals surface area contributed by atoms with Crippen LogP contribution >= 0.6 is 11.3 Å². The molecule has 2 unspecified atom stereocenters. The average molecular weight is 607 g/mol. The molecule has 0 N–H and O–H groups in total. The van der Waals surface area contributed by atoms with Gasteiger partial charge in [0.1, 0.15) is 5.52 Å². The van der Waals surface area contributed by atoms with E-state index in [4.69, 9.17) is 0 Å². The van der Waals surface area contributed by atoms with Gasteiger partial charge in [0.25, 0.3) is 5.91 Å². The first-order chi connectivity index (χ1) is 18.8. The number of hydrogen-bond donors (Lipinski definition) is 0. The van der Waals surface area contributed by atoms with Crippen LogP contribution in [0.1, 0.15) is 44.5 Å². The number of amides is 1. The van der Waals surface area contributed by atoms with Crippen LogP contribution in [0.4, 0.5) is 5.13 Å². The summed E-state index contributed by atoms with van der Waals surface area (Å²) in [5.74, 6) is 0.253. The molecule has 4 rings (SSSR count). The maximum absolute atomic E-state index is 13.8. The zero-order valence-electron chi connectivity index (χ0n) is 23.7. The van der Waals surface area contributed by atoms with Gasteiger partial charge in [-0.1, -0.05) is 45.1 Å². The monoisotopic (exact) mass is 606 g/mol. The van der Waals surface area contributed by atoms with Gasteiger partial charge in [0.2, 0.25) is 10.0 Å². The van der Waals surface area contributed by atoms with Crippen molar-refractivity contribution in [2.45, 2.75) is 43.9 Å². The van der Waals surface area contributed by atoms with Gasteiger partial charge in [-0.25, -0.2) is 21.8 Å². The molecule has 9 nitrogen and oxygen atoms in total. The molecular weight excluding hydrogens is 569 g/mol. The summed E-state index contributed by atoms with van der Waals surface area (Å²) in [4.78, 5) is 22.5. The minimum Gasteiger partial charge on any atom is -0.302 e. The number of carbonyl (C=O) groups is 1. The standard InChI is InChI=1S/C28H38N4O5S3/c1-6-30(7-2)15-16-32(28-29-26-24(38-28)9-8-10-25(26)39(5,34)35)27(33)22-11-13-23(14-12-22)40(36,37)31-18-20(3)17-21(4)19-31/h8-14,20-21H,6-7,15-19H2,1-5H3. The fraction of sp³-hybridized carbons (Fsp3) is 0.500. The number of benzene rings is 2. The van der Waals surface area contributed by atoms with Crippen LogP contribution in [0.2, 0.25) is 0 Å². The average Bonchev–Trinajstić information content (AvgIpc) is 3.34. The van der Waals surface area contributed by atoms with Crippen LogP contribution in [0, 0.1) is 11.8 Å². The Labute approximate surface area is 241 Å². The van der Waals surface area contributed by atoms with Gasteiger partial charge in [-0.05, 0) is 67.7 Å². The van der Waals surface area contributed by atoms with Crippen LogP contribution in [0.25, 0.3) is 10.2 Å². The van der Waals surface area contributed by atoms with E-state index in [-0.39, 0.29) is 27.5 Å². The van der Waals surface area contributed by atoms with Crippen molar-refractivity contribution in [1.29, 1.82) is 0 Å². The lowest BCUT2D eigenvalue weighted by Gasteiger charge is -2.34. The first-order valence-corrected chi connectivity index (χ1v) is 17.7. The molecule has 0 bridgehead atoms. The second-order valence-electron chi connectivity index (χ2n) is 10.6. The number of anilines is 1. The summed E-state index contributed by atoms with van der Waals surface area (Å²) in [7, 11) is -7.18. The molecule has 40 heavy (non-hydrogen) atoms. The zero-order valence-corrected chi connectivity index (χ0v) is 26.2. The highest BCUT2D eigenvalue weighted by atomic mass is 32.2. The maximum Gasteiger partial charge on any atom is 0.260 e. The minimum atomic E-state index is -3.67. The predicted molar refractivity (Wildman–Crippen MR) is 160 cm³/mol. The van der Waals surface area contributed by atoms with E-state index in [2.05, 4.69) is 37.6 Å². The van der Waals surface area contributed by atoms with Crippen LogP contribution < -0.4 is 4.90 Å². The molecule has 12 heteroatoms. The highest BCUT2D eigenvalue weighted by Gasteiger charge is 2.32. The Morgan fingerprint density at radius 1 is 0.975 bits per heavy atom. The molecule has 218 valence electrons. The van der Waals surface area contributed by atoms with E-state index in [1.165, 1.54) is 29.5 Å². The quantitative estimate of drug-likeness (QED) is 0.338. The van der Waals surface area contributed by atoms with Crippen molar-refractivity contribution < 1.29 is 21.6 Å². The van der Waals surface area contributed by atoms with E-state index >= 15 is 0 Å². The number of fused-ring (bicyclic) bond motifs is 1. The molecule has 1 aliphatic heterocycles. The number of nitrogens with zero attached hydrogens (tertiary/aromatic N) is 4. The number of hydrogen-bond acceptors (Lipinski definition) is 8. The molecule has 1 amide bonds. The van der Waals surface area contributed by atoms with Crippen molar-refractivity contribution >= 4 is 52.5 Å². The van der Waals surface area contributed by atoms with Crippen LogP contribution in [0.5, 0.6) is 0 Å². The Morgan fingerprint density at radius 3 is 2.17 bits per heavy atom. The molecule has 0 aliphatic carbocycles. The van der Waals surface area contributed by atoms with Crippen molar-refractivity contribution in [2.75, 3.05) is 50.4 Å². The topological polar surface area (TPSA) is 108 Å². The fourth-order valence-electron chi connectivity index (χ4n) is 5.27. The van der Waals surface area contributed by atoms with E-state index in [0.29, 0.717) is 47.1 Å².